The molecule has 0 aliphatic carbocycles. The summed E-state index contributed by atoms with van der Waals surface area (Å²) in [7, 11) is 1.56. The number of carboxylic acid groups (broad SMARTS) is 1. The van der Waals surface area contributed by atoms with Crippen LogP contribution in [0, 0.1) is 0 Å². The predicted octanol–water partition coefficient (Wildman–Crippen LogP) is 3.04. The number of carboxylic acids is 1. The van der Waals surface area contributed by atoms with Crippen molar-refractivity contribution in [3.8, 4) is 5.75 Å². The molecule has 0 radical (unpaired) electrons. The van der Waals surface area contributed by atoms with Crippen LogP contribution in [0.3, 0.4) is 0 Å². The maximum atomic E-state index is 11.2. The number of methoxy groups -OCH3 is 1. The molecule has 2 rings (SSSR count). The van der Waals surface area contributed by atoms with E-state index in [4.69, 9.17) is 14.0 Å². The smallest absolute Gasteiger partial charge is 0.310 e. The van der Waals surface area contributed by atoms with Gasteiger partial charge in [0.2, 0.25) is 0 Å². The molecule has 0 unspecified atom stereocenters. The van der Waals surface area contributed by atoms with Gasteiger partial charge in [0.05, 0.1) is 13.0 Å². The Labute approximate surface area is 104 Å². The molecule has 0 bridgehead atoms. The Morgan fingerprint density at radius 2 is 2.00 bits per heavy atom. The maximum Gasteiger partial charge on any atom is 0.310 e. The minimum absolute atomic E-state index is 0.273. The van der Waals surface area contributed by atoms with E-state index in [-0.39, 0.29) is 5.56 Å². The van der Waals surface area contributed by atoms with Crippen molar-refractivity contribution in [3.63, 3.8) is 0 Å². The summed E-state index contributed by atoms with van der Waals surface area (Å²) in [6.45, 7) is -2.58. The van der Waals surface area contributed by atoms with Crippen molar-refractivity contribution < 1.29 is 18.8 Å². The van der Waals surface area contributed by atoms with E-state index in [2.05, 4.69) is 0 Å². The summed E-state index contributed by atoms with van der Waals surface area (Å²) < 4.78 is 27.2. The number of benzene rings is 2. The van der Waals surface area contributed by atoms with Crippen LogP contribution in [0.1, 0.15) is 22.4 Å². The lowest BCUT2D eigenvalue weighted by Crippen LogP contribution is -2.06. The van der Waals surface area contributed by atoms with Crippen molar-refractivity contribution in [3.05, 3.63) is 42.0 Å². The third-order valence-corrected chi connectivity index (χ3v) is 2.65. The van der Waals surface area contributed by atoms with E-state index in [0.29, 0.717) is 5.75 Å². The second-order valence-electron chi connectivity index (χ2n) is 3.74. The highest BCUT2D eigenvalue weighted by Crippen LogP contribution is 2.25. The Morgan fingerprint density at radius 1 is 1.29 bits per heavy atom. The molecule has 0 aliphatic heterocycles. The number of rotatable bonds is 3. The van der Waals surface area contributed by atoms with Gasteiger partial charge in [0.1, 0.15) is 5.75 Å². The second kappa shape index (κ2) is 4.45. The first-order chi connectivity index (χ1) is 9.32. The fourth-order valence-electron chi connectivity index (χ4n) is 1.69. The van der Waals surface area contributed by atoms with Crippen LogP contribution in [0.4, 0.5) is 0 Å². The summed E-state index contributed by atoms with van der Waals surface area (Å²) in [4.78, 5) is 11.2. The topological polar surface area (TPSA) is 46.5 Å². The number of carbonyl (C=O) groups is 1. The summed E-state index contributed by atoms with van der Waals surface area (Å²) in [6, 6.07) is 10.2. The normalized spacial score (nSPS) is 15.7. The number of ether oxygens (including phenoxy) is 1. The lowest BCUT2D eigenvalue weighted by molar-refractivity contribution is -0.138. The SMILES string of the molecule is [2H]C([2H])([2H])[C@@H](C(=O)O)c1ccc2cc(OC)ccc2c1. The zero-order valence-electron chi connectivity index (χ0n) is 12.3. The average Bonchev–Trinajstić information content (AvgIpc) is 2.36. The van der Waals surface area contributed by atoms with Gasteiger partial charge in [-0.25, -0.2) is 0 Å². The van der Waals surface area contributed by atoms with Gasteiger partial charge < -0.3 is 9.84 Å². The molecule has 0 fully saturated rings. The number of fused-ring (bicyclic) bond motifs is 1. The zero-order valence-corrected chi connectivity index (χ0v) is 9.31. The highest BCUT2D eigenvalue weighted by atomic mass is 16.5. The number of hydrogen-bond acceptors (Lipinski definition) is 2. The van der Waals surface area contributed by atoms with E-state index < -0.39 is 18.7 Å². The van der Waals surface area contributed by atoms with Crippen LogP contribution in [0.2, 0.25) is 0 Å². The highest BCUT2D eigenvalue weighted by Gasteiger charge is 2.13. The Kier molecular flexibility index (Phi) is 2.13. The van der Waals surface area contributed by atoms with Crippen molar-refractivity contribution in [2.45, 2.75) is 12.8 Å². The minimum Gasteiger partial charge on any atom is -0.497 e. The van der Waals surface area contributed by atoms with E-state index >= 15 is 0 Å². The first-order valence-corrected chi connectivity index (χ1v) is 5.13. The summed E-state index contributed by atoms with van der Waals surface area (Å²) in [5.41, 5.74) is 0.273. The minimum atomic E-state index is -2.58. The Hall–Kier alpha value is -2.03. The molecule has 0 aromatic heterocycles. The van der Waals surface area contributed by atoms with Crippen molar-refractivity contribution in [2.75, 3.05) is 7.11 Å². The lowest BCUT2D eigenvalue weighted by Gasteiger charge is -2.08. The second-order valence-corrected chi connectivity index (χ2v) is 3.74. The molecule has 1 N–H and O–H groups in total. The molecule has 3 nitrogen and oxygen atoms in total. The van der Waals surface area contributed by atoms with Crippen molar-refractivity contribution in [2.24, 2.45) is 0 Å². The van der Waals surface area contributed by atoms with E-state index in [1.807, 2.05) is 6.07 Å². The van der Waals surface area contributed by atoms with E-state index in [0.717, 1.165) is 10.8 Å². The molecule has 0 heterocycles. The van der Waals surface area contributed by atoms with Crippen molar-refractivity contribution >= 4 is 16.7 Å². The van der Waals surface area contributed by atoms with Gasteiger partial charge >= 0.3 is 5.97 Å². The summed E-state index contributed by atoms with van der Waals surface area (Å²) in [6.07, 6.45) is 0. The van der Waals surface area contributed by atoms with Gasteiger partial charge in [-0.3, -0.25) is 4.79 Å². The van der Waals surface area contributed by atoms with Gasteiger partial charge in [-0.2, -0.15) is 0 Å². The monoisotopic (exact) mass is 233 g/mol. The van der Waals surface area contributed by atoms with Gasteiger partial charge in [-0.05, 0) is 35.3 Å². The van der Waals surface area contributed by atoms with Crippen LogP contribution in [-0.4, -0.2) is 18.2 Å². The third-order valence-electron chi connectivity index (χ3n) is 2.65. The summed E-state index contributed by atoms with van der Waals surface area (Å²) >= 11 is 0. The molecule has 0 amide bonds. The van der Waals surface area contributed by atoms with Gasteiger partial charge in [0, 0.05) is 4.11 Å². The largest absolute Gasteiger partial charge is 0.497 e. The van der Waals surface area contributed by atoms with Crippen LogP contribution in [-0.2, 0) is 4.79 Å². The molecule has 0 saturated carbocycles. The summed E-state index contributed by atoms with van der Waals surface area (Å²) in [5, 5.41) is 10.8. The Morgan fingerprint density at radius 3 is 2.65 bits per heavy atom. The van der Waals surface area contributed by atoms with E-state index in [1.165, 1.54) is 6.07 Å². The van der Waals surface area contributed by atoms with E-state index in [9.17, 15) is 4.79 Å². The quantitative estimate of drug-likeness (QED) is 0.886. The molecular weight excluding hydrogens is 216 g/mol. The molecule has 0 spiro atoms. The third kappa shape index (κ3) is 2.23. The molecule has 1 atom stereocenters. The number of aliphatic carboxylic acids is 1. The fourth-order valence-corrected chi connectivity index (χ4v) is 1.69. The maximum absolute atomic E-state index is 11.2. The lowest BCUT2D eigenvalue weighted by atomic mass is 9.98. The van der Waals surface area contributed by atoms with Crippen LogP contribution in [0.5, 0.6) is 5.75 Å². The van der Waals surface area contributed by atoms with Crippen LogP contribution in [0.25, 0.3) is 10.8 Å². The van der Waals surface area contributed by atoms with Gasteiger partial charge in [-0.1, -0.05) is 24.3 Å². The molecule has 3 heteroatoms. The first-order valence-electron chi connectivity index (χ1n) is 6.63. The zero-order chi connectivity index (χ0) is 14.9. The highest BCUT2D eigenvalue weighted by molar-refractivity contribution is 5.86. The number of hydrogen-bond donors (Lipinski definition) is 1. The Balaban J connectivity index is 2.53. The van der Waals surface area contributed by atoms with Gasteiger partial charge in [-0.15, -0.1) is 0 Å². The molecule has 2 aromatic rings. The van der Waals surface area contributed by atoms with E-state index in [1.54, 1.807) is 31.4 Å². The molecular formula is C14H14O3. The molecule has 2 aromatic carbocycles. The van der Waals surface area contributed by atoms with Crippen LogP contribution < -0.4 is 4.74 Å². The summed E-state index contributed by atoms with van der Waals surface area (Å²) in [5.74, 6) is -2.18. The van der Waals surface area contributed by atoms with Crippen molar-refractivity contribution in [1.82, 2.24) is 0 Å². The fraction of sp³-hybridized carbons (Fsp3) is 0.214. The molecule has 0 aliphatic rings. The Bertz CT molecular complexity index is 650. The van der Waals surface area contributed by atoms with Gasteiger partial charge in [0.25, 0.3) is 0 Å². The van der Waals surface area contributed by atoms with Gasteiger partial charge in [0.15, 0.2) is 0 Å². The first kappa shape index (κ1) is 8.12. The van der Waals surface area contributed by atoms with Crippen LogP contribution in [0.15, 0.2) is 36.4 Å². The van der Waals surface area contributed by atoms with Crippen LogP contribution >= 0.6 is 0 Å². The molecule has 17 heavy (non-hydrogen) atoms. The van der Waals surface area contributed by atoms with Crippen molar-refractivity contribution in [1.29, 1.82) is 0 Å². The standard InChI is InChI=1S/C14H14O3/c1-9(14(15)16)10-3-4-12-8-13(17-2)6-5-11(12)7-10/h3-9H,1-2H3,(H,15,16)/t9-/m1/s1/i1D3. The average molecular weight is 233 g/mol. The molecule has 88 valence electrons. The molecule has 0 saturated heterocycles. The predicted molar refractivity (Wildman–Crippen MR) is 66.6 cm³/mol.